The number of halogens is 1. The smallest absolute Gasteiger partial charge is 0.253 e. The zero-order valence-corrected chi connectivity index (χ0v) is 8.06. The molecule has 0 aliphatic heterocycles. The fourth-order valence-corrected chi connectivity index (χ4v) is 1.69. The van der Waals surface area contributed by atoms with Crippen molar-refractivity contribution in [3.05, 3.63) is 24.3 Å². The van der Waals surface area contributed by atoms with Gasteiger partial charge in [0, 0.05) is 5.69 Å². The van der Waals surface area contributed by atoms with Gasteiger partial charge in [-0.25, -0.2) is 8.42 Å². The summed E-state index contributed by atoms with van der Waals surface area (Å²) in [5.74, 6) is 5.11. The van der Waals surface area contributed by atoms with Gasteiger partial charge in [0.05, 0.1) is 4.90 Å². The molecule has 0 spiro atoms. The van der Waals surface area contributed by atoms with E-state index in [-0.39, 0.29) is 4.90 Å². The maximum atomic E-state index is 11.2. The molecule has 4 N–H and O–H groups in total. The normalized spacial score (nSPS) is 11.2. The van der Waals surface area contributed by atoms with E-state index < -0.39 is 10.0 Å². The number of nitrogens with two attached hydrogens (primary N) is 1. The number of nitrogens with one attached hydrogen (secondary N) is 2. The van der Waals surface area contributed by atoms with Crippen molar-refractivity contribution < 1.29 is 8.42 Å². The minimum atomic E-state index is -3.61. The molecule has 5 nitrogen and oxygen atoms in total. The van der Waals surface area contributed by atoms with E-state index in [9.17, 15) is 8.42 Å². The summed E-state index contributed by atoms with van der Waals surface area (Å²) < 4.78 is 24.0. The Labute approximate surface area is 81.0 Å². The van der Waals surface area contributed by atoms with Gasteiger partial charge in [-0.1, -0.05) is 6.07 Å². The second kappa shape index (κ2) is 3.93. The van der Waals surface area contributed by atoms with E-state index >= 15 is 0 Å². The van der Waals surface area contributed by atoms with Gasteiger partial charge in [-0.05, 0) is 30.0 Å². The van der Waals surface area contributed by atoms with Gasteiger partial charge in [-0.2, -0.15) is 0 Å². The highest BCUT2D eigenvalue weighted by atomic mass is 35.5. The number of benzene rings is 1. The quantitative estimate of drug-likeness (QED) is 0.392. The van der Waals surface area contributed by atoms with Crippen LogP contribution < -0.4 is 15.5 Å². The summed E-state index contributed by atoms with van der Waals surface area (Å²) in [6.45, 7) is 0. The van der Waals surface area contributed by atoms with Crippen molar-refractivity contribution in [2.75, 3.05) is 5.43 Å². The van der Waals surface area contributed by atoms with Crippen molar-refractivity contribution in [3.63, 3.8) is 0 Å². The van der Waals surface area contributed by atoms with E-state index in [0.717, 1.165) is 0 Å². The SMILES string of the molecule is NNc1cccc(S(=O)(=O)NCl)c1. The van der Waals surface area contributed by atoms with Crippen molar-refractivity contribution in [3.8, 4) is 0 Å². The Morgan fingerprint density at radius 2 is 2.08 bits per heavy atom. The first-order valence-electron chi connectivity index (χ1n) is 3.29. The largest absolute Gasteiger partial charge is 0.324 e. The van der Waals surface area contributed by atoms with Gasteiger partial charge >= 0.3 is 0 Å². The van der Waals surface area contributed by atoms with E-state index in [0.29, 0.717) is 5.69 Å². The van der Waals surface area contributed by atoms with Crippen molar-refractivity contribution in [1.82, 2.24) is 4.24 Å². The first-order chi connectivity index (χ1) is 6.10. The van der Waals surface area contributed by atoms with Crippen LogP contribution in [-0.4, -0.2) is 8.42 Å². The number of hydrogen-bond acceptors (Lipinski definition) is 4. The molecule has 0 aromatic heterocycles. The highest BCUT2D eigenvalue weighted by molar-refractivity contribution is 7.90. The van der Waals surface area contributed by atoms with Crippen LogP contribution in [0, 0.1) is 0 Å². The summed E-state index contributed by atoms with van der Waals surface area (Å²) in [6, 6.07) is 5.96. The molecule has 0 heterocycles. The molecule has 0 aliphatic carbocycles. The molecular formula is C6H8ClN3O2S. The maximum Gasteiger partial charge on any atom is 0.253 e. The molecule has 0 saturated carbocycles. The molecule has 1 rings (SSSR count). The third-order valence-corrected chi connectivity index (χ3v) is 3.10. The molecule has 0 aliphatic rings. The number of hydrazine groups is 1. The molecule has 0 radical (unpaired) electrons. The predicted molar refractivity (Wildman–Crippen MR) is 50.4 cm³/mol. The van der Waals surface area contributed by atoms with Gasteiger partial charge in [-0.15, -0.1) is 4.24 Å². The van der Waals surface area contributed by atoms with E-state index in [1.165, 1.54) is 12.1 Å². The van der Waals surface area contributed by atoms with Gasteiger partial charge in [0.25, 0.3) is 10.0 Å². The van der Waals surface area contributed by atoms with Gasteiger partial charge < -0.3 is 5.43 Å². The minimum Gasteiger partial charge on any atom is -0.324 e. The molecule has 0 bridgehead atoms. The van der Waals surface area contributed by atoms with Crippen molar-refractivity contribution in [2.24, 2.45) is 5.84 Å². The lowest BCUT2D eigenvalue weighted by atomic mass is 10.3. The first-order valence-corrected chi connectivity index (χ1v) is 5.15. The Balaban J connectivity index is 3.17. The van der Waals surface area contributed by atoms with Gasteiger partial charge in [0.2, 0.25) is 0 Å². The fourth-order valence-electron chi connectivity index (χ4n) is 0.798. The van der Waals surface area contributed by atoms with Crippen molar-refractivity contribution in [1.29, 1.82) is 0 Å². The topological polar surface area (TPSA) is 84.2 Å². The summed E-state index contributed by atoms with van der Waals surface area (Å²) in [4.78, 5) is 0.0537. The predicted octanol–water partition coefficient (Wildman–Crippen LogP) is 0.404. The lowest BCUT2D eigenvalue weighted by Crippen LogP contribution is -2.14. The Morgan fingerprint density at radius 3 is 2.62 bits per heavy atom. The number of rotatable bonds is 3. The van der Waals surface area contributed by atoms with Crippen LogP contribution in [0.15, 0.2) is 29.2 Å². The van der Waals surface area contributed by atoms with Gasteiger partial charge in [0.15, 0.2) is 0 Å². The Bertz CT molecular complexity index is 393. The Morgan fingerprint density at radius 1 is 1.38 bits per heavy atom. The summed E-state index contributed by atoms with van der Waals surface area (Å²) in [5.41, 5.74) is 2.82. The molecule has 13 heavy (non-hydrogen) atoms. The van der Waals surface area contributed by atoms with E-state index in [2.05, 4.69) is 5.43 Å². The number of anilines is 1. The number of sulfonamides is 1. The van der Waals surface area contributed by atoms with Crippen LogP contribution in [0.2, 0.25) is 0 Å². The molecule has 0 saturated heterocycles. The minimum absolute atomic E-state index is 0.0537. The molecule has 7 heteroatoms. The molecule has 0 amide bonds. The second-order valence-electron chi connectivity index (χ2n) is 2.25. The van der Waals surface area contributed by atoms with Gasteiger partial charge in [-0.3, -0.25) is 5.84 Å². The summed E-state index contributed by atoms with van der Waals surface area (Å²) in [6.07, 6.45) is 0. The standard InChI is InChI=1S/C6H8ClN3O2S/c7-10-13(11,12)6-3-1-2-5(4-6)9-8/h1-4,9-10H,8H2. The fraction of sp³-hybridized carbons (Fsp3) is 0. The van der Waals surface area contributed by atoms with Crippen LogP contribution in [0.3, 0.4) is 0 Å². The molecule has 0 fully saturated rings. The third kappa shape index (κ3) is 2.31. The average molecular weight is 222 g/mol. The lowest BCUT2D eigenvalue weighted by molar-refractivity contribution is 0.594. The van der Waals surface area contributed by atoms with Crippen LogP contribution in [0.4, 0.5) is 5.69 Å². The first kappa shape index (κ1) is 10.3. The van der Waals surface area contributed by atoms with E-state index in [1.54, 1.807) is 16.4 Å². The number of nitrogen functional groups attached to an aromatic ring is 1. The molecule has 1 aromatic rings. The van der Waals surface area contributed by atoms with Crippen LogP contribution in [0.25, 0.3) is 0 Å². The zero-order chi connectivity index (χ0) is 9.90. The summed E-state index contributed by atoms with van der Waals surface area (Å²) >= 11 is 5.03. The summed E-state index contributed by atoms with van der Waals surface area (Å²) in [5, 5.41) is 0. The number of hydrogen-bond donors (Lipinski definition) is 3. The highest BCUT2D eigenvalue weighted by Crippen LogP contribution is 2.14. The average Bonchev–Trinajstić information content (AvgIpc) is 2.18. The van der Waals surface area contributed by atoms with Gasteiger partial charge in [0.1, 0.15) is 0 Å². The van der Waals surface area contributed by atoms with Crippen molar-refractivity contribution in [2.45, 2.75) is 4.90 Å². The van der Waals surface area contributed by atoms with Crippen LogP contribution in [-0.2, 0) is 10.0 Å². The molecule has 0 atom stereocenters. The zero-order valence-electron chi connectivity index (χ0n) is 6.49. The van der Waals surface area contributed by atoms with Crippen LogP contribution in [0.1, 0.15) is 0 Å². The summed E-state index contributed by atoms with van der Waals surface area (Å²) in [7, 11) is -3.61. The second-order valence-corrected chi connectivity index (χ2v) is 4.35. The monoisotopic (exact) mass is 221 g/mol. The Hall–Kier alpha value is -0.820. The molecule has 1 aromatic carbocycles. The highest BCUT2D eigenvalue weighted by Gasteiger charge is 2.11. The van der Waals surface area contributed by atoms with E-state index in [4.69, 9.17) is 17.6 Å². The molecule has 72 valence electrons. The Kier molecular flexibility index (Phi) is 3.10. The lowest BCUT2D eigenvalue weighted by Gasteiger charge is -2.03. The van der Waals surface area contributed by atoms with Crippen molar-refractivity contribution >= 4 is 27.5 Å². The van der Waals surface area contributed by atoms with E-state index in [1.807, 2.05) is 0 Å². The van der Waals surface area contributed by atoms with Crippen LogP contribution >= 0.6 is 11.8 Å². The third-order valence-electron chi connectivity index (χ3n) is 1.41. The van der Waals surface area contributed by atoms with Crippen LogP contribution in [0.5, 0.6) is 0 Å². The molecular weight excluding hydrogens is 214 g/mol. The maximum absolute atomic E-state index is 11.2. The molecule has 0 unspecified atom stereocenters.